The molecule has 5 heteroatoms. The van der Waals surface area contributed by atoms with E-state index in [1.54, 1.807) is 20.9 Å². The van der Waals surface area contributed by atoms with Crippen LogP contribution in [0.2, 0.25) is 0 Å². The van der Waals surface area contributed by atoms with Gasteiger partial charge in [0, 0.05) is 11.8 Å². The fourth-order valence-corrected chi connectivity index (χ4v) is 1.14. The van der Waals surface area contributed by atoms with Crippen molar-refractivity contribution in [2.75, 3.05) is 19.5 Å². The molecule has 0 fully saturated rings. The number of benzene rings is 1. The van der Waals surface area contributed by atoms with Gasteiger partial charge in [-0.1, -0.05) is 0 Å². The van der Waals surface area contributed by atoms with Gasteiger partial charge in [-0.15, -0.1) is 0 Å². The van der Waals surface area contributed by atoms with Crippen LogP contribution in [0.1, 0.15) is 13.8 Å². The second kappa shape index (κ2) is 5.14. The lowest BCUT2D eigenvalue weighted by molar-refractivity contribution is -0.121. The van der Waals surface area contributed by atoms with Crippen molar-refractivity contribution in [1.82, 2.24) is 5.32 Å². The van der Waals surface area contributed by atoms with Crippen molar-refractivity contribution >= 4 is 11.6 Å². The van der Waals surface area contributed by atoms with Crippen LogP contribution in [0.15, 0.2) is 18.2 Å². The van der Waals surface area contributed by atoms with E-state index in [-0.39, 0.29) is 11.7 Å². The second-order valence-corrected chi connectivity index (χ2v) is 4.18. The Morgan fingerprint density at radius 3 is 2.59 bits per heavy atom. The molecule has 0 aliphatic carbocycles. The molecule has 1 aromatic carbocycles. The maximum absolute atomic E-state index is 13.2. The van der Waals surface area contributed by atoms with E-state index >= 15 is 0 Å². The van der Waals surface area contributed by atoms with Gasteiger partial charge in [0.2, 0.25) is 5.91 Å². The molecule has 0 aliphatic rings. The summed E-state index contributed by atoms with van der Waals surface area (Å²) in [6, 6.07) is 4.18. The van der Waals surface area contributed by atoms with E-state index in [0.717, 1.165) is 0 Å². The molecule has 17 heavy (non-hydrogen) atoms. The van der Waals surface area contributed by atoms with Gasteiger partial charge in [-0.05, 0) is 33.0 Å². The monoisotopic (exact) mass is 240 g/mol. The van der Waals surface area contributed by atoms with Crippen LogP contribution in [0.3, 0.4) is 0 Å². The number of amides is 1. The fraction of sp³-hybridized carbons (Fsp3) is 0.417. The minimum absolute atomic E-state index is 0.102. The SMILES string of the molecule is CNC(C)(C)C(=O)Nc1ccc(F)c(OC)c1. The van der Waals surface area contributed by atoms with Crippen LogP contribution in [-0.4, -0.2) is 25.6 Å². The van der Waals surface area contributed by atoms with Gasteiger partial charge in [0.05, 0.1) is 12.6 Å². The first-order chi connectivity index (χ1) is 7.90. The number of halogens is 1. The molecule has 0 spiro atoms. The quantitative estimate of drug-likeness (QED) is 0.843. The van der Waals surface area contributed by atoms with Gasteiger partial charge in [0.15, 0.2) is 11.6 Å². The Morgan fingerprint density at radius 1 is 1.41 bits per heavy atom. The molecule has 0 unspecified atom stereocenters. The molecule has 1 amide bonds. The average molecular weight is 240 g/mol. The van der Waals surface area contributed by atoms with Gasteiger partial charge in [0.1, 0.15) is 0 Å². The van der Waals surface area contributed by atoms with Gasteiger partial charge in [-0.2, -0.15) is 0 Å². The van der Waals surface area contributed by atoms with Crippen LogP contribution in [0, 0.1) is 5.82 Å². The molecule has 1 rings (SSSR count). The molecule has 0 bridgehead atoms. The lowest BCUT2D eigenvalue weighted by atomic mass is 10.1. The Bertz CT molecular complexity index is 419. The molecule has 1 aromatic rings. The third-order valence-corrected chi connectivity index (χ3v) is 2.60. The Hall–Kier alpha value is -1.62. The van der Waals surface area contributed by atoms with Gasteiger partial charge in [-0.3, -0.25) is 4.79 Å². The maximum atomic E-state index is 13.2. The zero-order valence-electron chi connectivity index (χ0n) is 10.4. The zero-order chi connectivity index (χ0) is 13.1. The third-order valence-electron chi connectivity index (χ3n) is 2.60. The van der Waals surface area contributed by atoms with Crippen LogP contribution in [0.5, 0.6) is 5.75 Å². The number of anilines is 1. The summed E-state index contributed by atoms with van der Waals surface area (Å²) in [4.78, 5) is 11.8. The van der Waals surface area contributed by atoms with Crippen LogP contribution in [0.25, 0.3) is 0 Å². The number of rotatable bonds is 4. The van der Waals surface area contributed by atoms with E-state index in [1.165, 1.54) is 25.3 Å². The van der Waals surface area contributed by atoms with E-state index in [1.807, 2.05) is 0 Å². The number of carbonyl (C=O) groups is 1. The Labute approximate surface area is 100 Å². The molecule has 0 aromatic heterocycles. The summed E-state index contributed by atoms with van der Waals surface area (Å²) in [5.41, 5.74) is -0.196. The van der Waals surface area contributed by atoms with Gasteiger partial charge < -0.3 is 15.4 Å². The summed E-state index contributed by atoms with van der Waals surface area (Å²) in [6.07, 6.45) is 0. The Kier molecular flexibility index (Phi) is 4.07. The summed E-state index contributed by atoms with van der Waals surface area (Å²) in [6.45, 7) is 3.51. The van der Waals surface area contributed by atoms with Gasteiger partial charge in [0.25, 0.3) is 0 Å². The zero-order valence-corrected chi connectivity index (χ0v) is 10.4. The molecule has 94 valence electrons. The van der Waals surface area contributed by atoms with E-state index < -0.39 is 11.4 Å². The first-order valence-corrected chi connectivity index (χ1v) is 5.24. The van der Waals surface area contributed by atoms with Crippen molar-refractivity contribution in [3.63, 3.8) is 0 Å². The van der Waals surface area contributed by atoms with Crippen molar-refractivity contribution in [2.24, 2.45) is 0 Å². The van der Waals surface area contributed by atoms with Crippen molar-refractivity contribution < 1.29 is 13.9 Å². The Balaban J connectivity index is 2.86. The van der Waals surface area contributed by atoms with E-state index in [9.17, 15) is 9.18 Å². The molecule has 2 N–H and O–H groups in total. The minimum atomic E-state index is -0.693. The molecule has 0 radical (unpaired) electrons. The predicted octanol–water partition coefficient (Wildman–Crippen LogP) is 1.77. The van der Waals surface area contributed by atoms with E-state index in [2.05, 4.69) is 10.6 Å². The summed E-state index contributed by atoms with van der Waals surface area (Å²) in [5, 5.41) is 5.57. The highest BCUT2D eigenvalue weighted by atomic mass is 19.1. The van der Waals surface area contributed by atoms with Crippen LogP contribution in [-0.2, 0) is 4.79 Å². The lowest BCUT2D eigenvalue weighted by Crippen LogP contribution is -2.47. The highest BCUT2D eigenvalue weighted by molar-refractivity contribution is 5.97. The summed E-state index contributed by atoms with van der Waals surface area (Å²) < 4.78 is 18.0. The summed E-state index contributed by atoms with van der Waals surface area (Å²) >= 11 is 0. The number of methoxy groups -OCH3 is 1. The standard InChI is InChI=1S/C12H17FN2O2/c1-12(2,14-3)11(16)15-8-5-6-9(13)10(7-8)17-4/h5-7,14H,1-4H3,(H,15,16). The molecule has 0 heterocycles. The van der Waals surface area contributed by atoms with Crippen LogP contribution < -0.4 is 15.4 Å². The maximum Gasteiger partial charge on any atom is 0.244 e. The number of carbonyl (C=O) groups excluding carboxylic acids is 1. The first-order valence-electron chi connectivity index (χ1n) is 5.24. The van der Waals surface area contributed by atoms with Crippen molar-refractivity contribution in [2.45, 2.75) is 19.4 Å². The van der Waals surface area contributed by atoms with Gasteiger partial charge >= 0.3 is 0 Å². The number of nitrogens with one attached hydrogen (secondary N) is 2. The number of ether oxygens (including phenoxy) is 1. The Morgan fingerprint density at radius 2 is 2.06 bits per heavy atom. The van der Waals surface area contributed by atoms with Gasteiger partial charge in [-0.25, -0.2) is 4.39 Å². The number of likely N-dealkylation sites (N-methyl/N-ethyl adjacent to an activating group) is 1. The molecule has 0 aliphatic heterocycles. The number of hydrogen-bond acceptors (Lipinski definition) is 3. The third kappa shape index (κ3) is 3.17. The largest absolute Gasteiger partial charge is 0.494 e. The highest BCUT2D eigenvalue weighted by Gasteiger charge is 2.25. The van der Waals surface area contributed by atoms with Crippen molar-refractivity contribution in [1.29, 1.82) is 0 Å². The lowest BCUT2D eigenvalue weighted by Gasteiger charge is -2.22. The highest BCUT2D eigenvalue weighted by Crippen LogP contribution is 2.22. The van der Waals surface area contributed by atoms with Crippen molar-refractivity contribution in [3.8, 4) is 5.75 Å². The van der Waals surface area contributed by atoms with Crippen LogP contribution >= 0.6 is 0 Å². The second-order valence-electron chi connectivity index (χ2n) is 4.18. The smallest absolute Gasteiger partial charge is 0.244 e. The van der Waals surface area contributed by atoms with E-state index in [4.69, 9.17) is 4.74 Å². The molecule has 0 atom stereocenters. The predicted molar refractivity (Wildman–Crippen MR) is 64.7 cm³/mol. The van der Waals surface area contributed by atoms with Crippen LogP contribution in [0.4, 0.5) is 10.1 Å². The molecular weight excluding hydrogens is 223 g/mol. The summed E-state index contributed by atoms with van der Waals surface area (Å²) in [7, 11) is 3.08. The normalized spacial score (nSPS) is 11.1. The molecule has 0 saturated heterocycles. The summed E-state index contributed by atoms with van der Waals surface area (Å²) in [5.74, 6) is -0.558. The fourth-order valence-electron chi connectivity index (χ4n) is 1.14. The molecular formula is C12H17FN2O2. The van der Waals surface area contributed by atoms with E-state index in [0.29, 0.717) is 5.69 Å². The molecule has 4 nitrogen and oxygen atoms in total. The molecule has 0 saturated carbocycles. The first kappa shape index (κ1) is 13.4. The van der Waals surface area contributed by atoms with Crippen molar-refractivity contribution in [3.05, 3.63) is 24.0 Å². The average Bonchev–Trinajstić information content (AvgIpc) is 2.31. The minimum Gasteiger partial charge on any atom is -0.494 e. The topological polar surface area (TPSA) is 50.4 Å². The number of hydrogen-bond donors (Lipinski definition) is 2.